The topological polar surface area (TPSA) is 63.6 Å². The van der Waals surface area contributed by atoms with Crippen LogP contribution < -0.4 is 0 Å². The Balaban J connectivity index is 0. The molecule has 44 valence electrons. The van der Waals surface area contributed by atoms with Crippen molar-refractivity contribution in [2.75, 3.05) is 0 Å². The van der Waals surface area contributed by atoms with E-state index in [0.29, 0.717) is 0 Å². The van der Waals surface area contributed by atoms with Crippen LogP contribution in [0.15, 0.2) is 0 Å². The Morgan fingerprint density at radius 3 is 1.88 bits per heavy atom. The second kappa shape index (κ2) is 5.34. The maximum atomic E-state index is 9.65. The number of carbonyl (C=O) groups excluding carboxylic acids is 1. The molecule has 0 aliphatic rings. The SMILES string of the molecule is CC(=O)OC(=O)O.[CaH2]. The zero-order valence-corrected chi connectivity index (χ0v) is 3.67. The van der Waals surface area contributed by atoms with Crippen molar-refractivity contribution in [3.63, 3.8) is 0 Å². The number of carboxylic acid groups (broad SMARTS) is 1. The van der Waals surface area contributed by atoms with Crippen LogP contribution in [0.25, 0.3) is 0 Å². The van der Waals surface area contributed by atoms with Gasteiger partial charge in [0, 0.05) is 6.92 Å². The van der Waals surface area contributed by atoms with Crippen molar-refractivity contribution in [3.05, 3.63) is 0 Å². The van der Waals surface area contributed by atoms with Crippen molar-refractivity contribution < 1.29 is 19.4 Å². The first-order valence-electron chi connectivity index (χ1n) is 1.54. The summed E-state index contributed by atoms with van der Waals surface area (Å²) < 4.78 is 3.53. The van der Waals surface area contributed by atoms with Crippen LogP contribution in [-0.4, -0.2) is 55.0 Å². The van der Waals surface area contributed by atoms with Gasteiger partial charge in [-0.05, 0) is 0 Å². The van der Waals surface area contributed by atoms with Gasteiger partial charge in [-0.2, -0.15) is 0 Å². The summed E-state index contributed by atoms with van der Waals surface area (Å²) in [4.78, 5) is 19.0. The quantitative estimate of drug-likeness (QED) is 0.279. The summed E-state index contributed by atoms with van der Waals surface area (Å²) in [6.07, 6.45) is -1.56. The molecule has 0 aliphatic heterocycles. The molecule has 0 rings (SSSR count). The fourth-order valence-corrected chi connectivity index (χ4v) is 0.123. The Hall–Kier alpha value is 0.200. The van der Waals surface area contributed by atoms with Gasteiger partial charge in [-0.1, -0.05) is 0 Å². The fourth-order valence-electron chi connectivity index (χ4n) is 0.123. The molecule has 0 atom stereocenters. The van der Waals surface area contributed by atoms with E-state index in [1.165, 1.54) is 0 Å². The molecule has 8 heavy (non-hydrogen) atoms. The van der Waals surface area contributed by atoms with Crippen molar-refractivity contribution in [2.45, 2.75) is 6.92 Å². The zero-order chi connectivity index (χ0) is 5.86. The van der Waals surface area contributed by atoms with Gasteiger partial charge >= 0.3 is 49.9 Å². The van der Waals surface area contributed by atoms with E-state index in [2.05, 4.69) is 4.74 Å². The Morgan fingerprint density at radius 2 is 1.88 bits per heavy atom. The van der Waals surface area contributed by atoms with Crippen LogP contribution in [0.3, 0.4) is 0 Å². The molecule has 0 aromatic rings. The molecule has 0 fully saturated rings. The van der Waals surface area contributed by atoms with Crippen LogP contribution in [0.2, 0.25) is 0 Å². The first-order valence-corrected chi connectivity index (χ1v) is 1.54. The van der Waals surface area contributed by atoms with Crippen molar-refractivity contribution in [1.82, 2.24) is 0 Å². The fraction of sp³-hybridized carbons (Fsp3) is 0.333. The van der Waals surface area contributed by atoms with Gasteiger partial charge in [0.15, 0.2) is 0 Å². The summed E-state index contributed by atoms with van der Waals surface area (Å²) in [6, 6.07) is 0. The van der Waals surface area contributed by atoms with E-state index in [4.69, 9.17) is 5.11 Å². The minimum atomic E-state index is -1.56. The molecule has 1 N–H and O–H groups in total. The van der Waals surface area contributed by atoms with Crippen molar-refractivity contribution in [1.29, 1.82) is 0 Å². The Kier molecular flexibility index (Phi) is 7.38. The van der Waals surface area contributed by atoms with Gasteiger partial charge in [0.1, 0.15) is 0 Å². The first-order chi connectivity index (χ1) is 3.13. The van der Waals surface area contributed by atoms with E-state index in [9.17, 15) is 9.59 Å². The third-order valence-corrected chi connectivity index (χ3v) is 0.231. The third kappa shape index (κ3) is 9.50. The average Bonchev–Trinajstić information content (AvgIpc) is 1.27. The standard InChI is InChI=1S/C3H4O4.Ca.2H/c1-2(4)7-3(5)6;;;/h1H3,(H,5,6);;;. The molecule has 0 aliphatic carbocycles. The molecule has 0 saturated carbocycles. The third-order valence-electron chi connectivity index (χ3n) is 0.231. The van der Waals surface area contributed by atoms with Gasteiger partial charge in [0.05, 0.1) is 0 Å². The molecule has 0 amide bonds. The van der Waals surface area contributed by atoms with Gasteiger partial charge in [0.2, 0.25) is 0 Å². The molecule has 0 aromatic heterocycles. The molecule has 0 radical (unpaired) electrons. The number of carbonyl (C=O) groups is 2. The number of esters is 1. The number of ether oxygens (including phenoxy) is 1. The van der Waals surface area contributed by atoms with E-state index in [-0.39, 0.29) is 37.7 Å². The van der Waals surface area contributed by atoms with E-state index in [1.54, 1.807) is 0 Å². The number of rotatable bonds is 0. The van der Waals surface area contributed by atoms with Crippen LogP contribution in [-0.2, 0) is 9.53 Å². The summed E-state index contributed by atoms with van der Waals surface area (Å²) in [6.45, 7) is 1.02. The van der Waals surface area contributed by atoms with E-state index in [0.717, 1.165) is 6.92 Å². The Morgan fingerprint density at radius 1 is 1.50 bits per heavy atom. The molecule has 4 nitrogen and oxygen atoms in total. The zero-order valence-electron chi connectivity index (χ0n) is 3.67. The van der Waals surface area contributed by atoms with Gasteiger partial charge in [-0.15, -0.1) is 0 Å². The van der Waals surface area contributed by atoms with Gasteiger partial charge < -0.3 is 9.84 Å². The van der Waals surface area contributed by atoms with Crippen LogP contribution in [0.5, 0.6) is 0 Å². The van der Waals surface area contributed by atoms with Gasteiger partial charge in [-0.3, -0.25) is 4.79 Å². The second-order valence-corrected chi connectivity index (χ2v) is 0.860. The average molecular weight is 146 g/mol. The molecule has 0 spiro atoms. The van der Waals surface area contributed by atoms with E-state index in [1.807, 2.05) is 0 Å². The van der Waals surface area contributed by atoms with Crippen LogP contribution >= 0.6 is 0 Å². The van der Waals surface area contributed by atoms with Crippen LogP contribution in [0.4, 0.5) is 4.79 Å². The Bertz CT molecular complexity index is 87.5. The summed E-state index contributed by atoms with van der Waals surface area (Å²) in [5.41, 5.74) is 0. The molecule has 0 aromatic carbocycles. The predicted molar refractivity (Wildman–Crippen MR) is 28.3 cm³/mol. The minimum absolute atomic E-state index is 0. The number of hydrogen-bond donors (Lipinski definition) is 1. The monoisotopic (exact) mass is 146 g/mol. The van der Waals surface area contributed by atoms with E-state index < -0.39 is 12.1 Å². The molecular weight excluding hydrogens is 140 g/mol. The maximum absolute atomic E-state index is 9.65. The summed E-state index contributed by atoms with van der Waals surface area (Å²) in [5, 5.41) is 7.64. The van der Waals surface area contributed by atoms with Crippen molar-refractivity contribution >= 4 is 49.9 Å². The van der Waals surface area contributed by atoms with Gasteiger partial charge in [-0.25, -0.2) is 4.79 Å². The summed E-state index contributed by atoms with van der Waals surface area (Å²) in [5.74, 6) is -0.812. The van der Waals surface area contributed by atoms with Crippen LogP contribution in [0, 0.1) is 0 Å². The molecule has 5 heteroatoms. The van der Waals surface area contributed by atoms with Gasteiger partial charge in [0.25, 0.3) is 0 Å². The summed E-state index contributed by atoms with van der Waals surface area (Å²) >= 11 is 0. The molecule has 0 saturated heterocycles. The molecular formula is C3H6CaO4. The van der Waals surface area contributed by atoms with Crippen molar-refractivity contribution in [2.24, 2.45) is 0 Å². The molecule has 0 unspecified atom stereocenters. The van der Waals surface area contributed by atoms with Crippen molar-refractivity contribution in [3.8, 4) is 0 Å². The van der Waals surface area contributed by atoms with Crippen LogP contribution in [0.1, 0.15) is 6.92 Å². The number of hydrogen-bond acceptors (Lipinski definition) is 3. The first kappa shape index (κ1) is 11.1. The Labute approximate surface area is 75.8 Å². The second-order valence-electron chi connectivity index (χ2n) is 0.860. The normalized spacial score (nSPS) is 6.62. The summed E-state index contributed by atoms with van der Waals surface area (Å²) in [7, 11) is 0. The predicted octanol–water partition coefficient (Wildman–Crippen LogP) is -0.689. The molecule has 0 heterocycles. The molecule has 0 bridgehead atoms. The van der Waals surface area contributed by atoms with E-state index >= 15 is 0 Å².